The van der Waals surface area contributed by atoms with E-state index in [9.17, 15) is 0 Å². The van der Waals surface area contributed by atoms with E-state index in [0.717, 1.165) is 24.3 Å². The number of hydrogen-bond acceptors (Lipinski definition) is 2. The van der Waals surface area contributed by atoms with E-state index in [1.165, 1.54) is 64.6 Å². The maximum atomic E-state index is 4.41. The van der Waals surface area contributed by atoms with E-state index < -0.39 is 0 Å². The molecule has 0 amide bonds. The second kappa shape index (κ2) is 11.5. The molecule has 0 spiro atoms. The number of halogens is 1. The van der Waals surface area contributed by atoms with E-state index in [-0.39, 0.29) is 24.0 Å². The van der Waals surface area contributed by atoms with Crippen molar-refractivity contribution in [2.45, 2.75) is 64.8 Å². The minimum atomic E-state index is 0. The number of piperidine rings is 1. The highest BCUT2D eigenvalue weighted by Crippen LogP contribution is 2.18. The van der Waals surface area contributed by atoms with Crippen molar-refractivity contribution >= 4 is 29.9 Å². The van der Waals surface area contributed by atoms with Crippen LogP contribution in [0.25, 0.3) is 0 Å². The molecule has 5 heteroatoms. The van der Waals surface area contributed by atoms with Crippen LogP contribution in [0, 0.1) is 11.8 Å². The Morgan fingerprint density at radius 2 is 1.87 bits per heavy atom. The van der Waals surface area contributed by atoms with Crippen LogP contribution in [0.5, 0.6) is 0 Å². The first-order valence-corrected chi connectivity index (χ1v) is 9.37. The van der Waals surface area contributed by atoms with Gasteiger partial charge < -0.3 is 15.5 Å². The predicted octanol–water partition coefficient (Wildman–Crippen LogP) is 3.47. The van der Waals surface area contributed by atoms with Gasteiger partial charge in [0.15, 0.2) is 5.96 Å². The van der Waals surface area contributed by atoms with E-state index in [0.29, 0.717) is 6.04 Å². The van der Waals surface area contributed by atoms with Crippen molar-refractivity contribution in [1.82, 2.24) is 15.5 Å². The maximum absolute atomic E-state index is 4.41. The Balaban J connectivity index is 0.00000264. The minimum absolute atomic E-state index is 0. The molecule has 2 N–H and O–H groups in total. The molecule has 1 unspecified atom stereocenters. The van der Waals surface area contributed by atoms with E-state index in [1.54, 1.807) is 0 Å². The monoisotopic (exact) mass is 436 g/mol. The summed E-state index contributed by atoms with van der Waals surface area (Å²) in [5.74, 6) is 2.54. The third-order valence-electron chi connectivity index (χ3n) is 4.95. The number of nitrogens with one attached hydrogen (secondary N) is 2. The molecule has 1 aliphatic heterocycles. The van der Waals surface area contributed by atoms with Crippen LogP contribution >= 0.6 is 24.0 Å². The van der Waals surface area contributed by atoms with E-state index in [2.05, 4.69) is 34.4 Å². The summed E-state index contributed by atoms with van der Waals surface area (Å²) in [7, 11) is 1.89. The van der Waals surface area contributed by atoms with Gasteiger partial charge in [-0.25, -0.2) is 0 Å². The van der Waals surface area contributed by atoms with Crippen LogP contribution < -0.4 is 10.6 Å². The van der Waals surface area contributed by atoms with Crippen molar-refractivity contribution in [1.29, 1.82) is 0 Å². The molecule has 0 aromatic rings. The van der Waals surface area contributed by atoms with Gasteiger partial charge in [0.1, 0.15) is 0 Å². The van der Waals surface area contributed by atoms with Gasteiger partial charge in [-0.05, 0) is 44.1 Å². The molecule has 1 saturated heterocycles. The van der Waals surface area contributed by atoms with Crippen LogP contribution in [-0.4, -0.2) is 50.1 Å². The number of nitrogens with zero attached hydrogens (tertiary/aromatic N) is 2. The van der Waals surface area contributed by atoms with Crippen LogP contribution in [0.4, 0.5) is 0 Å². The quantitative estimate of drug-likeness (QED) is 0.394. The van der Waals surface area contributed by atoms with Crippen molar-refractivity contribution in [2.75, 3.05) is 33.2 Å². The van der Waals surface area contributed by atoms with Gasteiger partial charge >= 0.3 is 0 Å². The molecule has 0 radical (unpaired) electrons. The fraction of sp³-hybridized carbons (Fsp3) is 0.944. The molecule has 23 heavy (non-hydrogen) atoms. The molecule has 1 aliphatic carbocycles. The average molecular weight is 436 g/mol. The standard InChI is InChI=1S/C18H36N4.HI/c1-15(2)13-22-11-7-8-16(14-22)12-20-18(19-3)21-17-9-5-4-6-10-17;/h15-17H,4-14H2,1-3H3,(H2,19,20,21);1H. The summed E-state index contributed by atoms with van der Waals surface area (Å²) in [6.45, 7) is 9.46. The first-order valence-electron chi connectivity index (χ1n) is 9.37. The van der Waals surface area contributed by atoms with Gasteiger partial charge in [-0.1, -0.05) is 33.1 Å². The second-order valence-corrected chi connectivity index (χ2v) is 7.59. The summed E-state index contributed by atoms with van der Waals surface area (Å²) < 4.78 is 0. The van der Waals surface area contributed by atoms with Crippen molar-refractivity contribution < 1.29 is 0 Å². The molecule has 136 valence electrons. The smallest absolute Gasteiger partial charge is 0.191 e. The third-order valence-corrected chi connectivity index (χ3v) is 4.95. The zero-order valence-electron chi connectivity index (χ0n) is 15.3. The Hall–Kier alpha value is -0.0400. The molecule has 2 rings (SSSR count). The molecule has 2 aliphatic rings. The minimum Gasteiger partial charge on any atom is -0.356 e. The van der Waals surface area contributed by atoms with E-state index >= 15 is 0 Å². The lowest BCUT2D eigenvalue weighted by atomic mass is 9.95. The first kappa shape index (κ1) is 21.0. The average Bonchev–Trinajstić information content (AvgIpc) is 2.52. The topological polar surface area (TPSA) is 39.7 Å². The van der Waals surface area contributed by atoms with Gasteiger partial charge in [-0.3, -0.25) is 4.99 Å². The Morgan fingerprint density at radius 1 is 1.13 bits per heavy atom. The van der Waals surface area contributed by atoms with Gasteiger partial charge in [0.05, 0.1) is 0 Å². The van der Waals surface area contributed by atoms with Crippen LogP contribution in [0.1, 0.15) is 58.8 Å². The highest BCUT2D eigenvalue weighted by Gasteiger charge is 2.21. The molecular weight excluding hydrogens is 399 g/mol. The normalized spacial score (nSPS) is 24.3. The summed E-state index contributed by atoms with van der Waals surface area (Å²) in [5.41, 5.74) is 0. The van der Waals surface area contributed by atoms with Crippen molar-refractivity contribution in [2.24, 2.45) is 16.8 Å². The van der Waals surface area contributed by atoms with E-state index in [4.69, 9.17) is 0 Å². The van der Waals surface area contributed by atoms with Crippen LogP contribution in [0.3, 0.4) is 0 Å². The summed E-state index contributed by atoms with van der Waals surface area (Å²) >= 11 is 0. The lowest BCUT2D eigenvalue weighted by Crippen LogP contribution is -2.47. The number of guanidine groups is 1. The van der Waals surface area contributed by atoms with Crippen LogP contribution in [0.2, 0.25) is 0 Å². The highest BCUT2D eigenvalue weighted by molar-refractivity contribution is 14.0. The third kappa shape index (κ3) is 8.05. The molecule has 1 heterocycles. The van der Waals surface area contributed by atoms with Gasteiger partial charge in [-0.15, -0.1) is 24.0 Å². The van der Waals surface area contributed by atoms with Gasteiger partial charge in [0.25, 0.3) is 0 Å². The van der Waals surface area contributed by atoms with Crippen molar-refractivity contribution in [3.05, 3.63) is 0 Å². The van der Waals surface area contributed by atoms with Crippen LogP contribution in [0.15, 0.2) is 4.99 Å². The molecule has 4 nitrogen and oxygen atoms in total. The Morgan fingerprint density at radius 3 is 2.52 bits per heavy atom. The Kier molecular flexibility index (Phi) is 10.5. The zero-order chi connectivity index (χ0) is 15.8. The van der Waals surface area contributed by atoms with Crippen LogP contribution in [-0.2, 0) is 0 Å². The summed E-state index contributed by atoms with van der Waals surface area (Å²) in [6.07, 6.45) is 9.41. The van der Waals surface area contributed by atoms with Gasteiger partial charge in [-0.2, -0.15) is 0 Å². The molecule has 1 saturated carbocycles. The molecule has 1 atom stereocenters. The number of hydrogen-bond donors (Lipinski definition) is 2. The lowest BCUT2D eigenvalue weighted by molar-refractivity contribution is 0.159. The summed E-state index contributed by atoms with van der Waals surface area (Å²) in [5, 5.41) is 7.19. The summed E-state index contributed by atoms with van der Waals surface area (Å²) in [6, 6.07) is 0.628. The van der Waals surface area contributed by atoms with Crippen molar-refractivity contribution in [3.63, 3.8) is 0 Å². The first-order chi connectivity index (χ1) is 10.7. The largest absolute Gasteiger partial charge is 0.356 e. The lowest BCUT2D eigenvalue weighted by Gasteiger charge is -2.34. The highest BCUT2D eigenvalue weighted by atomic mass is 127. The number of aliphatic imine (C=N–C) groups is 1. The SMILES string of the molecule is CN=C(NCC1CCCN(CC(C)C)C1)NC1CCCCC1.I. The predicted molar refractivity (Wildman–Crippen MR) is 111 cm³/mol. The molecule has 0 bridgehead atoms. The molecule has 0 aromatic carbocycles. The zero-order valence-corrected chi connectivity index (χ0v) is 17.6. The number of likely N-dealkylation sites (tertiary alicyclic amines) is 1. The maximum Gasteiger partial charge on any atom is 0.191 e. The van der Waals surface area contributed by atoms with Crippen molar-refractivity contribution in [3.8, 4) is 0 Å². The Bertz CT molecular complexity index is 340. The second-order valence-electron chi connectivity index (χ2n) is 7.59. The number of rotatable bonds is 5. The fourth-order valence-corrected chi connectivity index (χ4v) is 3.88. The van der Waals surface area contributed by atoms with E-state index in [1.807, 2.05) is 7.05 Å². The van der Waals surface area contributed by atoms with Gasteiger partial charge in [0, 0.05) is 32.7 Å². The van der Waals surface area contributed by atoms with Gasteiger partial charge in [0.2, 0.25) is 0 Å². The Labute approximate surface area is 160 Å². The molecular formula is C18H37IN4. The summed E-state index contributed by atoms with van der Waals surface area (Å²) in [4.78, 5) is 7.05. The fourth-order valence-electron chi connectivity index (χ4n) is 3.88. The molecule has 0 aromatic heterocycles. The molecule has 2 fully saturated rings.